The van der Waals surface area contributed by atoms with Crippen molar-refractivity contribution in [3.05, 3.63) is 102 Å². The van der Waals surface area contributed by atoms with E-state index in [9.17, 15) is 4.79 Å². The highest BCUT2D eigenvalue weighted by Crippen LogP contribution is 2.23. The molecule has 5 heteroatoms. The molecule has 212 valence electrons. The molecule has 1 unspecified atom stereocenters. The van der Waals surface area contributed by atoms with Crippen LogP contribution in [0.1, 0.15) is 49.7 Å². The van der Waals surface area contributed by atoms with Gasteiger partial charge in [0.25, 0.3) is 5.91 Å². The summed E-state index contributed by atoms with van der Waals surface area (Å²) in [5.41, 5.74) is 3.65. The number of carbonyl (C=O) groups excluding carboxylic acids is 1. The Labute approximate surface area is 240 Å². The van der Waals surface area contributed by atoms with Crippen LogP contribution in [-0.2, 0) is 24.4 Å². The average molecular weight is 541 g/mol. The second-order valence-electron chi connectivity index (χ2n) is 11.7. The van der Waals surface area contributed by atoms with Crippen LogP contribution in [0, 0.1) is 0 Å². The number of ether oxygens (including phenoxy) is 1. The molecule has 5 nitrogen and oxygen atoms in total. The topological polar surface area (TPSA) is 43.3 Å². The number of quaternary nitrogens is 1. The van der Waals surface area contributed by atoms with Crippen LogP contribution in [0.5, 0.6) is 5.75 Å². The van der Waals surface area contributed by atoms with E-state index in [0.717, 1.165) is 38.1 Å². The van der Waals surface area contributed by atoms with Crippen LogP contribution < -0.4 is 10.1 Å². The summed E-state index contributed by atoms with van der Waals surface area (Å²) in [5.74, 6) is 1.07. The van der Waals surface area contributed by atoms with Gasteiger partial charge in [0.05, 0.1) is 21.1 Å². The highest BCUT2D eigenvalue weighted by atomic mass is 16.5. The van der Waals surface area contributed by atoms with Crippen LogP contribution in [0.25, 0.3) is 10.9 Å². The molecule has 1 heterocycles. The van der Waals surface area contributed by atoms with Crippen molar-refractivity contribution >= 4 is 16.8 Å². The molecule has 0 aliphatic heterocycles. The zero-order valence-electron chi connectivity index (χ0n) is 24.5. The van der Waals surface area contributed by atoms with E-state index in [-0.39, 0.29) is 11.9 Å². The molecule has 0 aliphatic rings. The number of hydrogen-bond donors (Lipinski definition) is 1. The molecule has 1 amide bonds. The number of nitrogens with one attached hydrogen (secondary N) is 1. The number of amides is 1. The predicted molar refractivity (Wildman–Crippen MR) is 165 cm³/mol. The van der Waals surface area contributed by atoms with Crippen LogP contribution >= 0.6 is 0 Å². The number of likely N-dealkylation sites (N-methyl/N-ethyl adjacent to an activating group) is 1. The minimum atomic E-state index is -0.0828. The average Bonchev–Trinajstić information content (AvgIpc) is 3.36. The van der Waals surface area contributed by atoms with Gasteiger partial charge in [0.2, 0.25) is 0 Å². The van der Waals surface area contributed by atoms with E-state index in [1.807, 2.05) is 36.4 Å². The van der Waals surface area contributed by atoms with Crippen molar-refractivity contribution < 1.29 is 14.0 Å². The largest absolute Gasteiger partial charge is 0.489 e. The van der Waals surface area contributed by atoms with Gasteiger partial charge in [-0.05, 0) is 48.2 Å². The number of aryl methyl sites for hydroxylation is 1. The van der Waals surface area contributed by atoms with Crippen molar-refractivity contribution in [3.8, 4) is 5.75 Å². The minimum Gasteiger partial charge on any atom is -0.489 e. The number of aromatic nitrogens is 1. The molecule has 4 aromatic rings. The fraction of sp³-hybridized carbons (Fsp3) is 0.400. The molecule has 0 fully saturated rings. The van der Waals surface area contributed by atoms with Crippen molar-refractivity contribution in [2.45, 2.75) is 64.1 Å². The van der Waals surface area contributed by atoms with Gasteiger partial charge in [-0.2, -0.15) is 0 Å². The third-order valence-corrected chi connectivity index (χ3v) is 7.63. The molecule has 4 rings (SSSR count). The molecule has 1 N–H and O–H groups in total. The first-order valence-corrected chi connectivity index (χ1v) is 14.8. The van der Waals surface area contributed by atoms with E-state index in [2.05, 4.69) is 85.8 Å². The lowest BCUT2D eigenvalue weighted by atomic mass is 10.0. The van der Waals surface area contributed by atoms with E-state index in [1.165, 1.54) is 47.7 Å². The molecular formula is C35H46N3O2+. The van der Waals surface area contributed by atoms with Crippen molar-refractivity contribution in [1.29, 1.82) is 0 Å². The van der Waals surface area contributed by atoms with Crippen LogP contribution in [0.2, 0.25) is 0 Å². The molecule has 0 saturated carbocycles. The molecule has 0 bridgehead atoms. The molecule has 0 aliphatic carbocycles. The van der Waals surface area contributed by atoms with Crippen LogP contribution in [0.4, 0.5) is 0 Å². The van der Waals surface area contributed by atoms with Gasteiger partial charge in [0.15, 0.2) is 6.04 Å². The minimum absolute atomic E-state index is 0.0828. The first-order valence-electron chi connectivity index (χ1n) is 14.8. The van der Waals surface area contributed by atoms with Crippen molar-refractivity contribution in [2.24, 2.45) is 0 Å². The summed E-state index contributed by atoms with van der Waals surface area (Å²) in [5, 5.41) is 4.43. The van der Waals surface area contributed by atoms with Crippen LogP contribution in [0.3, 0.4) is 0 Å². The Kier molecular flexibility index (Phi) is 10.8. The summed E-state index contributed by atoms with van der Waals surface area (Å²) in [6.45, 7) is 2.39. The third kappa shape index (κ3) is 8.99. The molecule has 1 atom stereocenters. The maximum atomic E-state index is 12.9. The molecule has 0 radical (unpaired) electrons. The Hall–Kier alpha value is -3.57. The van der Waals surface area contributed by atoms with Crippen molar-refractivity contribution in [1.82, 2.24) is 9.88 Å². The monoisotopic (exact) mass is 540 g/mol. The molecule has 3 aromatic carbocycles. The first kappa shape index (κ1) is 29.4. The highest BCUT2D eigenvalue weighted by Gasteiger charge is 2.31. The second-order valence-corrected chi connectivity index (χ2v) is 11.7. The molecular weight excluding hydrogens is 494 g/mol. The maximum absolute atomic E-state index is 12.9. The van der Waals surface area contributed by atoms with Gasteiger partial charge in [-0.3, -0.25) is 4.79 Å². The summed E-state index contributed by atoms with van der Waals surface area (Å²) in [6.07, 6.45) is 10.0. The lowest BCUT2D eigenvalue weighted by Gasteiger charge is -2.33. The van der Waals surface area contributed by atoms with Crippen LogP contribution in [0.15, 0.2) is 91.1 Å². The Balaban J connectivity index is 1.10. The zero-order chi connectivity index (χ0) is 28.2. The maximum Gasteiger partial charge on any atom is 0.278 e. The number of fused-ring (bicyclic) bond motifs is 1. The Morgan fingerprint density at radius 1 is 0.800 bits per heavy atom. The fourth-order valence-corrected chi connectivity index (χ4v) is 5.20. The number of rotatable bonds is 16. The Morgan fingerprint density at radius 3 is 2.15 bits per heavy atom. The summed E-state index contributed by atoms with van der Waals surface area (Å²) < 4.78 is 8.97. The molecule has 40 heavy (non-hydrogen) atoms. The van der Waals surface area contributed by atoms with E-state index in [4.69, 9.17) is 4.74 Å². The van der Waals surface area contributed by atoms with E-state index < -0.39 is 0 Å². The van der Waals surface area contributed by atoms with Gasteiger partial charge in [0, 0.05) is 36.6 Å². The summed E-state index contributed by atoms with van der Waals surface area (Å²) in [7, 11) is 6.30. The van der Waals surface area contributed by atoms with Gasteiger partial charge in [-0.15, -0.1) is 0 Å². The quantitative estimate of drug-likeness (QED) is 0.123. The van der Waals surface area contributed by atoms with Crippen molar-refractivity contribution in [2.75, 3.05) is 27.7 Å². The molecule has 0 saturated heterocycles. The molecule has 1 aromatic heterocycles. The van der Waals surface area contributed by atoms with E-state index in [1.54, 1.807) is 0 Å². The standard InChI is InChI=1S/C35H45N3O2/c1-38(2,3)34(26-29-16-10-8-11-17-29)35(39)36-23-14-6-4-5-7-15-24-37-25-22-31-27-32(20-21-33(31)37)40-28-30-18-12-9-13-19-30/h8-13,16-22,25,27,34H,4-7,14-15,23-24,26,28H2,1-3H3/p+1. The Bertz CT molecular complexity index is 1310. The fourth-order valence-electron chi connectivity index (χ4n) is 5.20. The second kappa shape index (κ2) is 14.7. The predicted octanol–water partition coefficient (Wildman–Crippen LogP) is 6.99. The number of carbonyl (C=O) groups is 1. The van der Waals surface area contributed by atoms with Gasteiger partial charge >= 0.3 is 0 Å². The Morgan fingerprint density at radius 2 is 1.45 bits per heavy atom. The van der Waals surface area contributed by atoms with Gasteiger partial charge in [0.1, 0.15) is 12.4 Å². The number of nitrogens with zero attached hydrogens (tertiary/aromatic N) is 2. The summed E-state index contributed by atoms with van der Waals surface area (Å²) in [4.78, 5) is 12.9. The van der Waals surface area contributed by atoms with E-state index >= 15 is 0 Å². The zero-order valence-corrected chi connectivity index (χ0v) is 24.5. The van der Waals surface area contributed by atoms with Gasteiger partial charge < -0.3 is 19.1 Å². The smallest absolute Gasteiger partial charge is 0.278 e. The SMILES string of the molecule is C[N+](C)(C)C(Cc1ccccc1)C(=O)NCCCCCCCCn1ccc2cc(OCc3ccccc3)ccc21. The number of hydrogen-bond acceptors (Lipinski definition) is 2. The third-order valence-electron chi connectivity index (χ3n) is 7.63. The normalized spacial score (nSPS) is 12.4. The van der Waals surface area contributed by atoms with Gasteiger partial charge in [-0.1, -0.05) is 86.3 Å². The summed E-state index contributed by atoms with van der Waals surface area (Å²) >= 11 is 0. The van der Waals surface area contributed by atoms with Crippen LogP contribution in [-0.4, -0.2) is 48.7 Å². The summed E-state index contributed by atoms with van der Waals surface area (Å²) in [6, 6.07) is 29.1. The number of benzene rings is 3. The molecule has 0 spiro atoms. The lowest BCUT2D eigenvalue weighted by Crippen LogP contribution is -2.55. The van der Waals surface area contributed by atoms with Crippen molar-refractivity contribution in [3.63, 3.8) is 0 Å². The first-order chi connectivity index (χ1) is 19.4. The lowest BCUT2D eigenvalue weighted by molar-refractivity contribution is -0.886. The van der Waals surface area contributed by atoms with E-state index in [0.29, 0.717) is 11.1 Å². The number of unbranched alkanes of at least 4 members (excludes halogenated alkanes) is 5. The highest BCUT2D eigenvalue weighted by molar-refractivity contribution is 5.82. The van der Waals surface area contributed by atoms with Gasteiger partial charge in [-0.25, -0.2) is 0 Å².